The van der Waals surface area contributed by atoms with Crippen LogP contribution in [0.3, 0.4) is 0 Å². The second kappa shape index (κ2) is 8.45. The molecule has 1 atom stereocenters. The molecule has 24 heavy (non-hydrogen) atoms. The minimum Gasteiger partial charge on any atom is -0.484 e. The van der Waals surface area contributed by atoms with Crippen LogP contribution in [-0.4, -0.2) is 38.1 Å². The monoisotopic (exact) mass is 330 g/mol. The molecule has 0 aliphatic rings. The summed E-state index contributed by atoms with van der Waals surface area (Å²) in [6, 6.07) is 13.9. The summed E-state index contributed by atoms with van der Waals surface area (Å²) in [4.78, 5) is 14.0. The molecule has 0 bridgehead atoms. The number of hydrogen-bond donors (Lipinski definition) is 1. The smallest absolute Gasteiger partial charge is 0.258 e. The van der Waals surface area contributed by atoms with Crippen LogP contribution in [0.4, 0.5) is 4.39 Å². The molecule has 0 spiro atoms. The van der Waals surface area contributed by atoms with Crippen LogP contribution in [0.15, 0.2) is 48.5 Å². The number of rotatable bonds is 7. The quantitative estimate of drug-likeness (QED) is 0.849. The van der Waals surface area contributed by atoms with Crippen LogP contribution in [0.1, 0.15) is 17.2 Å². The Morgan fingerprint density at radius 3 is 2.33 bits per heavy atom. The molecule has 0 fully saturated rings. The number of amides is 1. The van der Waals surface area contributed by atoms with Gasteiger partial charge >= 0.3 is 0 Å². The molecule has 2 aromatic carbocycles. The number of aryl methyl sites for hydroxylation is 1. The minimum absolute atomic E-state index is 0.0837. The zero-order chi connectivity index (χ0) is 17.5. The second-order valence-corrected chi connectivity index (χ2v) is 5.94. The van der Waals surface area contributed by atoms with E-state index in [-0.39, 0.29) is 24.4 Å². The fraction of sp³-hybridized carbons (Fsp3) is 0.316. The molecule has 5 heteroatoms. The van der Waals surface area contributed by atoms with Gasteiger partial charge in [-0.2, -0.15) is 0 Å². The molecule has 1 amide bonds. The lowest BCUT2D eigenvalue weighted by Gasteiger charge is -2.25. The molecule has 0 saturated carbocycles. The predicted molar refractivity (Wildman–Crippen MR) is 92.5 cm³/mol. The first-order valence-electron chi connectivity index (χ1n) is 7.84. The summed E-state index contributed by atoms with van der Waals surface area (Å²) in [5, 5.41) is 2.88. The van der Waals surface area contributed by atoms with Crippen LogP contribution in [0, 0.1) is 12.7 Å². The van der Waals surface area contributed by atoms with E-state index in [0.717, 1.165) is 5.56 Å². The van der Waals surface area contributed by atoms with Gasteiger partial charge in [-0.15, -0.1) is 0 Å². The van der Waals surface area contributed by atoms with Gasteiger partial charge in [-0.1, -0.05) is 29.8 Å². The van der Waals surface area contributed by atoms with E-state index >= 15 is 0 Å². The van der Waals surface area contributed by atoms with E-state index in [0.29, 0.717) is 12.3 Å². The van der Waals surface area contributed by atoms with Gasteiger partial charge in [0.25, 0.3) is 5.91 Å². The van der Waals surface area contributed by atoms with Crippen molar-refractivity contribution >= 4 is 5.91 Å². The minimum atomic E-state index is -0.335. The molecule has 128 valence electrons. The number of ether oxygens (including phenoxy) is 1. The Kier molecular flexibility index (Phi) is 6.32. The number of carbonyl (C=O) groups is 1. The Balaban J connectivity index is 1.86. The lowest BCUT2D eigenvalue weighted by molar-refractivity contribution is -0.123. The molecule has 0 saturated heterocycles. The van der Waals surface area contributed by atoms with Crippen molar-refractivity contribution in [3.05, 3.63) is 65.5 Å². The number of nitrogens with zero attached hydrogens (tertiary/aromatic N) is 1. The van der Waals surface area contributed by atoms with E-state index in [2.05, 4.69) is 34.5 Å². The second-order valence-electron chi connectivity index (χ2n) is 5.94. The van der Waals surface area contributed by atoms with Gasteiger partial charge in [-0.3, -0.25) is 4.79 Å². The fourth-order valence-corrected chi connectivity index (χ4v) is 2.33. The summed E-state index contributed by atoms with van der Waals surface area (Å²) >= 11 is 0. The lowest BCUT2D eigenvalue weighted by atomic mass is 10.0. The zero-order valence-electron chi connectivity index (χ0n) is 14.3. The van der Waals surface area contributed by atoms with Gasteiger partial charge in [-0.25, -0.2) is 4.39 Å². The first-order chi connectivity index (χ1) is 11.5. The van der Waals surface area contributed by atoms with Crippen molar-refractivity contribution in [3.63, 3.8) is 0 Å². The van der Waals surface area contributed by atoms with Crippen LogP contribution in [0.5, 0.6) is 5.75 Å². The molecular weight excluding hydrogens is 307 g/mol. The van der Waals surface area contributed by atoms with Crippen molar-refractivity contribution in [1.82, 2.24) is 10.2 Å². The van der Waals surface area contributed by atoms with E-state index < -0.39 is 0 Å². The maximum absolute atomic E-state index is 12.8. The Morgan fingerprint density at radius 2 is 1.75 bits per heavy atom. The van der Waals surface area contributed by atoms with Gasteiger partial charge in [0.05, 0.1) is 6.04 Å². The fourth-order valence-electron chi connectivity index (χ4n) is 2.33. The third-order valence-corrected chi connectivity index (χ3v) is 3.76. The normalized spacial score (nSPS) is 12.0. The summed E-state index contributed by atoms with van der Waals surface area (Å²) in [7, 11) is 3.96. The van der Waals surface area contributed by atoms with E-state index in [1.165, 1.54) is 29.8 Å². The summed E-state index contributed by atoms with van der Waals surface area (Å²) < 4.78 is 18.2. The van der Waals surface area contributed by atoms with Gasteiger partial charge in [-0.05, 0) is 50.8 Å². The zero-order valence-corrected chi connectivity index (χ0v) is 14.3. The molecule has 1 unspecified atom stereocenters. The molecule has 2 aromatic rings. The third-order valence-electron chi connectivity index (χ3n) is 3.76. The number of hydrogen-bond acceptors (Lipinski definition) is 3. The standard InChI is InChI=1S/C19H23FN2O2/c1-14-4-6-15(7-5-14)18(22(2)3)12-21-19(23)13-24-17-10-8-16(20)9-11-17/h4-11,18H,12-13H2,1-3H3,(H,21,23). The topological polar surface area (TPSA) is 41.6 Å². The Hall–Kier alpha value is -2.40. The molecule has 1 N–H and O–H groups in total. The highest BCUT2D eigenvalue weighted by atomic mass is 19.1. The maximum Gasteiger partial charge on any atom is 0.258 e. The molecule has 0 aliphatic carbocycles. The highest BCUT2D eigenvalue weighted by molar-refractivity contribution is 5.77. The lowest BCUT2D eigenvalue weighted by Crippen LogP contribution is -2.36. The van der Waals surface area contributed by atoms with Crippen LogP contribution >= 0.6 is 0 Å². The first-order valence-corrected chi connectivity index (χ1v) is 7.84. The SMILES string of the molecule is Cc1ccc(C(CNC(=O)COc2ccc(F)cc2)N(C)C)cc1. The Labute approximate surface area is 142 Å². The van der Waals surface area contributed by atoms with Crippen LogP contribution in [-0.2, 0) is 4.79 Å². The van der Waals surface area contributed by atoms with Crippen LogP contribution in [0.25, 0.3) is 0 Å². The third kappa shape index (κ3) is 5.35. The largest absolute Gasteiger partial charge is 0.484 e. The number of benzene rings is 2. The van der Waals surface area contributed by atoms with Gasteiger partial charge in [0.15, 0.2) is 6.61 Å². The molecule has 2 rings (SSSR count). The highest BCUT2D eigenvalue weighted by Gasteiger charge is 2.15. The summed E-state index contributed by atoms with van der Waals surface area (Å²) in [6.45, 7) is 2.43. The average molecular weight is 330 g/mol. The van der Waals surface area contributed by atoms with E-state index in [4.69, 9.17) is 4.74 Å². The van der Waals surface area contributed by atoms with E-state index in [1.54, 1.807) is 0 Å². The molecular formula is C19H23FN2O2. The average Bonchev–Trinajstić information content (AvgIpc) is 2.56. The van der Waals surface area contributed by atoms with Gasteiger partial charge in [0.2, 0.25) is 0 Å². The van der Waals surface area contributed by atoms with Crippen molar-refractivity contribution in [3.8, 4) is 5.75 Å². The molecule has 0 radical (unpaired) electrons. The van der Waals surface area contributed by atoms with E-state index in [9.17, 15) is 9.18 Å². The summed E-state index contributed by atoms with van der Waals surface area (Å²) in [5.74, 6) is -0.0775. The van der Waals surface area contributed by atoms with Gasteiger partial charge < -0.3 is 15.0 Å². The summed E-state index contributed by atoms with van der Waals surface area (Å²) in [6.07, 6.45) is 0. The number of likely N-dealkylation sites (N-methyl/N-ethyl adjacent to an activating group) is 1. The van der Waals surface area contributed by atoms with E-state index in [1.807, 2.05) is 21.0 Å². The molecule has 0 aliphatic heterocycles. The van der Waals surface area contributed by atoms with Gasteiger partial charge in [0, 0.05) is 6.54 Å². The summed E-state index contributed by atoms with van der Waals surface area (Å²) in [5.41, 5.74) is 2.35. The molecule has 0 heterocycles. The highest BCUT2D eigenvalue weighted by Crippen LogP contribution is 2.18. The molecule has 0 aromatic heterocycles. The Bertz CT molecular complexity index is 654. The number of carbonyl (C=O) groups excluding carboxylic acids is 1. The number of nitrogens with one attached hydrogen (secondary N) is 1. The van der Waals surface area contributed by atoms with Crippen molar-refractivity contribution in [1.29, 1.82) is 0 Å². The Morgan fingerprint density at radius 1 is 1.12 bits per heavy atom. The van der Waals surface area contributed by atoms with Crippen molar-refractivity contribution < 1.29 is 13.9 Å². The maximum atomic E-state index is 12.8. The van der Waals surface area contributed by atoms with Crippen molar-refractivity contribution in [2.45, 2.75) is 13.0 Å². The van der Waals surface area contributed by atoms with Crippen molar-refractivity contribution in [2.75, 3.05) is 27.2 Å². The van der Waals surface area contributed by atoms with Gasteiger partial charge in [0.1, 0.15) is 11.6 Å². The van der Waals surface area contributed by atoms with Crippen molar-refractivity contribution in [2.24, 2.45) is 0 Å². The molecule has 4 nitrogen and oxygen atoms in total. The first kappa shape index (κ1) is 17.9. The van der Waals surface area contributed by atoms with Crippen LogP contribution in [0.2, 0.25) is 0 Å². The number of halogens is 1. The predicted octanol–water partition coefficient (Wildman–Crippen LogP) is 2.93. The van der Waals surface area contributed by atoms with Crippen LogP contribution < -0.4 is 10.1 Å².